The summed E-state index contributed by atoms with van der Waals surface area (Å²) in [7, 11) is 0. The Morgan fingerprint density at radius 1 is 1.14 bits per heavy atom. The molecule has 2 nitrogen and oxygen atoms in total. The average Bonchev–Trinajstić information content (AvgIpc) is 2.59. The lowest BCUT2D eigenvalue weighted by Crippen LogP contribution is -2.39. The van der Waals surface area contributed by atoms with E-state index in [2.05, 4.69) is 41.8 Å². The minimum Gasteiger partial charge on any atom is -0.357 e. The van der Waals surface area contributed by atoms with Crippen LogP contribution in [-0.4, -0.2) is 12.3 Å². The molecule has 0 unspecified atom stereocenters. The van der Waals surface area contributed by atoms with E-state index in [0.29, 0.717) is 6.42 Å². The number of carbonyl (C=O) groups is 1. The van der Waals surface area contributed by atoms with E-state index in [4.69, 9.17) is 0 Å². The molecule has 0 aliphatic carbocycles. The van der Waals surface area contributed by atoms with Crippen molar-refractivity contribution in [1.82, 2.24) is 0 Å². The second kappa shape index (κ2) is 6.61. The molecule has 1 heterocycles. The molecule has 3 rings (SSSR count). The van der Waals surface area contributed by atoms with E-state index < -0.39 is 0 Å². The first-order valence-electron chi connectivity index (χ1n) is 7.84. The summed E-state index contributed by atoms with van der Waals surface area (Å²) in [5.41, 5.74) is 3.58. The lowest BCUT2D eigenvalue weighted by Gasteiger charge is -2.38. The van der Waals surface area contributed by atoms with Crippen molar-refractivity contribution in [3.8, 4) is 0 Å². The van der Waals surface area contributed by atoms with Crippen molar-refractivity contribution < 1.29 is 4.79 Å². The Labute approximate surface area is 132 Å². The van der Waals surface area contributed by atoms with Crippen molar-refractivity contribution in [2.75, 3.05) is 11.4 Å². The summed E-state index contributed by atoms with van der Waals surface area (Å²) in [6.07, 6.45) is 4.09. The zero-order chi connectivity index (χ0) is 15.4. The highest BCUT2D eigenvalue weighted by atomic mass is 16.1. The lowest BCUT2D eigenvalue weighted by molar-refractivity contribution is -0.120. The summed E-state index contributed by atoms with van der Waals surface area (Å²) in [5, 5.41) is 0. The number of fused-ring (bicyclic) bond motifs is 1. The summed E-state index contributed by atoms with van der Waals surface area (Å²) < 4.78 is 0. The zero-order valence-electron chi connectivity index (χ0n) is 12.7. The van der Waals surface area contributed by atoms with E-state index >= 15 is 0 Å². The van der Waals surface area contributed by atoms with Gasteiger partial charge in [0.2, 0.25) is 0 Å². The quantitative estimate of drug-likeness (QED) is 0.764. The molecule has 0 N–H and O–H groups in total. The van der Waals surface area contributed by atoms with Gasteiger partial charge in [0.25, 0.3) is 0 Å². The van der Waals surface area contributed by atoms with Crippen LogP contribution in [0.2, 0.25) is 0 Å². The maximum atomic E-state index is 12.8. The van der Waals surface area contributed by atoms with E-state index in [-0.39, 0.29) is 11.8 Å². The predicted molar refractivity (Wildman–Crippen MR) is 91.1 cm³/mol. The third kappa shape index (κ3) is 2.82. The first-order chi connectivity index (χ1) is 10.8. The summed E-state index contributed by atoms with van der Waals surface area (Å²) in [6, 6.07) is 18.4. The second-order valence-corrected chi connectivity index (χ2v) is 5.67. The van der Waals surface area contributed by atoms with Crippen LogP contribution in [-0.2, 0) is 11.2 Å². The van der Waals surface area contributed by atoms with Crippen molar-refractivity contribution in [2.24, 2.45) is 0 Å². The fourth-order valence-electron chi connectivity index (χ4n) is 3.19. The maximum absolute atomic E-state index is 12.8. The molecular formula is C20H21NO. The van der Waals surface area contributed by atoms with Gasteiger partial charge in [-0.05, 0) is 36.1 Å². The predicted octanol–water partition coefficient (Wildman–Crippen LogP) is 4.33. The highest BCUT2D eigenvalue weighted by Crippen LogP contribution is 2.35. The standard InChI is InChI=1S/C20H21NO/c1-2-3-13-19(22)20-18-12-8-7-9-16(18)14-15-21(20)17-10-5-4-6-11-17/h2,4-12,20H,1,3,13-15H2/t20-/m0/s1. The number of rotatable bonds is 5. The molecular weight excluding hydrogens is 270 g/mol. The average molecular weight is 291 g/mol. The first kappa shape index (κ1) is 14.6. The third-order valence-corrected chi connectivity index (χ3v) is 4.27. The van der Waals surface area contributed by atoms with Gasteiger partial charge < -0.3 is 4.90 Å². The van der Waals surface area contributed by atoms with Crippen LogP contribution in [0, 0.1) is 0 Å². The van der Waals surface area contributed by atoms with Crippen LogP contribution in [0.5, 0.6) is 0 Å². The summed E-state index contributed by atoms with van der Waals surface area (Å²) >= 11 is 0. The maximum Gasteiger partial charge on any atom is 0.160 e. The molecule has 22 heavy (non-hydrogen) atoms. The molecule has 1 aliphatic heterocycles. The number of nitrogens with zero attached hydrogens (tertiary/aromatic N) is 1. The van der Waals surface area contributed by atoms with Crippen LogP contribution in [0.25, 0.3) is 0 Å². The first-order valence-corrected chi connectivity index (χ1v) is 7.84. The Balaban J connectivity index is 1.99. The Morgan fingerprint density at radius 3 is 2.64 bits per heavy atom. The molecule has 0 fully saturated rings. The molecule has 0 spiro atoms. The second-order valence-electron chi connectivity index (χ2n) is 5.67. The molecule has 0 saturated heterocycles. The SMILES string of the molecule is C=CCCC(=O)[C@@H]1c2ccccc2CCN1c1ccccc1. The molecule has 0 saturated carbocycles. The fourth-order valence-corrected chi connectivity index (χ4v) is 3.19. The Kier molecular flexibility index (Phi) is 4.38. The fraction of sp³-hybridized carbons (Fsp3) is 0.250. The molecule has 0 amide bonds. The van der Waals surface area contributed by atoms with Crippen molar-refractivity contribution in [2.45, 2.75) is 25.3 Å². The number of benzene rings is 2. The van der Waals surface area contributed by atoms with Crippen molar-refractivity contribution >= 4 is 11.5 Å². The molecule has 2 aromatic rings. The third-order valence-electron chi connectivity index (χ3n) is 4.27. The van der Waals surface area contributed by atoms with Gasteiger partial charge in [0, 0.05) is 18.7 Å². The van der Waals surface area contributed by atoms with Crippen molar-refractivity contribution in [3.05, 3.63) is 78.4 Å². The van der Waals surface area contributed by atoms with Gasteiger partial charge >= 0.3 is 0 Å². The monoisotopic (exact) mass is 291 g/mol. The van der Waals surface area contributed by atoms with E-state index in [1.807, 2.05) is 30.3 Å². The zero-order valence-corrected chi connectivity index (χ0v) is 12.7. The minimum absolute atomic E-state index is 0.174. The van der Waals surface area contributed by atoms with Gasteiger partial charge in [-0.3, -0.25) is 4.79 Å². The Morgan fingerprint density at radius 2 is 1.86 bits per heavy atom. The largest absolute Gasteiger partial charge is 0.357 e. The van der Waals surface area contributed by atoms with Gasteiger partial charge in [-0.1, -0.05) is 48.5 Å². The van der Waals surface area contributed by atoms with Gasteiger partial charge in [-0.15, -0.1) is 6.58 Å². The molecule has 2 aromatic carbocycles. The highest BCUT2D eigenvalue weighted by molar-refractivity contribution is 5.89. The lowest BCUT2D eigenvalue weighted by atomic mass is 9.88. The van der Waals surface area contributed by atoms with E-state index in [9.17, 15) is 4.79 Å². The van der Waals surface area contributed by atoms with Gasteiger partial charge in [-0.25, -0.2) is 0 Å². The van der Waals surface area contributed by atoms with Gasteiger partial charge in [0.05, 0.1) is 0 Å². The van der Waals surface area contributed by atoms with Gasteiger partial charge in [-0.2, -0.15) is 0 Å². The van der Waals surface area contributed by atoms with Crippen LogP contribution in [0.4, 0.5) is 5.69 Å². The van der Waals surface area contributed by atoms with E-state index in [1.54, 1.807) is 0 Å². The number of allylic oxidation sites excluding steroid dienone is 1. The number of Topliss-reactive ketones (excluding diaryl/α,β-unsaturated/α-hetero) is 1. The molecule has 2 heteroatoms. The van der Waals surface area contributed by atoms with Crippen molar-refractivity contribution in [1.29, 1.82) is 0 Å². The Hall–Kier alpha value is -2.35. The van der Waals surface area contributed by atoms with Crippen LogP contribution >= 0.6 is 0 Å². The minimum atomic E-state index is -0.174. The molecule has 0 radical (unpaired) electrons. The molecule has 0 aromatic heterocycles. The van der Waals surface area contributed by atoms with Crippen molar-refractivity contribution in [3.63, 3.8) is 0 Å². The summed E-state index contributed by atoms with van der Waals surface area (Å²) in [6.45, 7) is 4.61. The van der Waals surface area contributed by atoms with Crippen LogP contribution in [0.15, 0.2) is 67.3 Å². The number of carbonyl (C=O) groups excluding carboxylic acids is 1. The smallest absolute Gasteiger partial charge is 0.160 e. The Bertz CT molecular complexity index is 662. The molecule has 0 bridgehead atoms. The molecule has 1 atom stereocenters. The number of ketones is 1. The van der Waals surface area contributed by atoms with Crippen LogP contribution < -0.4 is 4.90 Å². The number of hydrogen-bond acceptors (Lipinski definition) is 2. The summed E-state index contributed by atoms with van der Waals surface area (Å²) in [5.74, 6) is 0.274. The number of hydrogen-bond donors (Lipinski definition) is 0. The topological polar surface area (TPSA) is 20.3 Å². The summed E-state index contributed by atoms with van der Waals surface area (Å²) in [4.78, 5) is 15.1. The number of anilines is 1. The van der Waals surface area contributed by atoms with Crippen LogP contribution in [0.1, 0.15) is 30.0 Å². The molecule has 1 aliphatic rings. The normalized spacial score (nSPS) is 16.9. The van der Waals surface area contributed by atoms with Gasteiger partial charge in [0.1, 0.15) is 6.04 Å². The van der Waals surface area contributed by atoms with E-state index in [0.717, 1.165) is 30.6 Å². The van der Waals surface area contributed by atoms with E-state index in [1.165, 1.54) is 5.56 Å². The highest BCUT2D eigenvalue weighted by Gasteiger charge is 2.32. The van der Waals surface area contributed by atoms with Gasteiger partial charge in [0.15, 0.2) is 5.78 Å². The molecule has 112 valence electrons. The van der Waals surface area contributed by atoms with Crippen LogP contribution in [0.3, 0.4) is 0 Å². The number of para-hydroxylation sites is 1.